The van der Waals surface area contributed by atoms with Gasteiger partial charge in [-0.15, -0.1) is 0 Å². The molecule has 3 heterocycles. The van der Waals surface area contributed by atoms with Crippen molar-refractivity contribution in [3.05, 3.63) is 107 Å². The molecule has 0 bridgehead atoms. The summed E-state index contributed by atoms with van der Waals surface area (Å²) in [7, 11) is 0. The second-order valence-corrected chi connectivity index (χ2v) is 8.50. The first-order valence-electron chi connectivity index (χ1n) is 10.9. The quantitative estimate of drug-likeness (QED) is 0.340. The lowest BCUT2D eigenvalue weighted by Gasteiger charge is -2.12. The van der Waals surface area contributed by atoms with Gasteiger partial charge in [-0.05, 0) is 30.3 Å². The lowest BCUT2D eigenvalue weighted by Crippen LogP contribution is -2.30. The van der Waals surface area contributed by atoms with Crippen LogP contribution in [0.15, 0.2) is 90.1 Å². The number of benzene rings is 3. The summed E-state index contributed by atoms with van der Waals surface area (Å²) in [5.41, 5.74) is 4.22. The van der Waals surface area contributed by atoms with E-state index in [-0.39, 0.29) is 5.69 Å². The molecule has 5 aromatic rings. The Kier molecular flexibility index (Phi) is 5.04. The Morgan fingerprint density at radius 2 is 1.71 bits per heavy atom. The van der Waals surface area contributed by atoms with Crippen LogP contribution >= 0.6 is 11.6 Å². The van der Waals surface area contributed by atoms with Gasteiger partial charge < -0.3 is 15.0 Å². The van der Waals surface area contributed by atoms with E-state index in [4.69, 9.17) is 16.3 Å². The standard InChI is InChI=1S/C27H17ClN4O3/c28-16-10-11-21-19(12-16)24(15-6-2-1-3-7-15)32-26(25(33)31-21)35-27(34)22-13-18-17-8-4-5-9-20(17)30-23(18)14-29-22/h1-14,26,30H,(H,31,33). The third-order valence-corrected chi connectivity index (χ3v) is 6.07. The number of carbonyl (C=O) groups excluding carboxylic acids is 2. The van der Waals surface area contributed by atoms with E-state index in [1.807, 2.05) is 54.6 Å². The minimum Gasteiger partial charge on any atom is -0.425 e. The molecular formula is C27H17ClN4O3. The Morgan fingerprint density at radius 3 is 2.57 bits per heavy atom. The first-order chi connectivity index (χ1) is 17.1. The van der Waals surface area contributed by atoms with Crippen LogP contribution in [0.3, 0.4) is 0 Å². The summed E-state index contributed by atoms with van der Waals surface area (Å²) in [4.78, 5) is 38.1. The summed E-state index contributed by atoms with van der Waals surface area (Å²) in [6.45, 7) is 0. The smallest absolute Gasteiger partial charge is 0.359 e. The van der Waals surface area contributed by atoms with Crippen LogP contribution < -0.4 is 5.32 Å². The number of aromatic amines is 1. The van der Waals surface area contributed by atoms with Crippen LogP contribution in [0.2, 0.25) is 5.02 Å². The van der Waals surface area contributed by atoms with Gasteiger partial charge in [-0.25, -0.2) is 14.8 Å². The normalized spacial score (nSPS) is 15.3. The van der Waals surface area contributed by atoms with Gasteiger partial charge in [0.2, 0.25) is 0 Å². The lowest BCUT2D eigenvalue weighted by molar-refractivity contribution is -0.124. The van der Waals surface area contributed by atoms with E-state index in [9.17, 15) is 9.59 Å². The number of nitrogens with zero attached hydrogens (tertiary/aromatic N) is 2. The zero-order chi connectivity index (χ0) is 23.9. The molecule has 0 spiro atoms. The molecular weight excluding hydrogens is 464 g/mol. The van der Waals surface area contributed by atoms with Crippen LogP contribution in [-0.4, -0.2) is 33.8 Å². The van der Waals surface area contributed by atoms with Crippen molar-refractivity contribution in [2.45, 2.75) is 6.23 Å². The van der Waals surface area contributed by atoms with Gasteiger partial charge in [-0.3, -0.25) is 4.79 Å². The number of hydrogen-bond donors (Lipinski definition) is 2. The van der Waals surface area contributed by atoms with Crippen LogP contribution in [0.4, 0.5) is 5.69 Å². The predicted molar refractivity (Wildman–Crippen MR) is 135 cm³/mol. The third-order valence-electron chi connectivity index (χ3n) is 5.83. The Bertz CT molecular complexity index is 1660. The van der Waals surface area contributed by atoms with Crippen molar-refractivity contribution >= 4 is 56.7 Å². The van der Waals surface area contributed by atoms with Gasteiger partial charge in [0, 0.05) is 32.4 Å². The van der Waals surface area contributed by atoms with Crippen molar-refractivity contribution in [2.75, 3.05) is 5.32 Å². The van der Waals surface area contributed by atoms with Gasteiger partial charge in [0.25, 0.3) is 12.1 Å². The zero-order valence-corrected chi connectivity index (χ0v) is 18.9. The molecule has 1 amide bonds. The van der Waals surface area contributed by atoms with Gasteiger partial charge in [0.05, 0.1) is 23.1 Å². The van der Waals surface area contributed by atoms with E-state index in [2.05, 4.69) is 20.3 Å². The number of aliphatic imine (C=N–C) groups is 1. The van der Waals surface area contributed by atoms with Crippen molar-refractivity contribution in [3.8, 4) is 0 Å². The average molecular weight is 481 g/mol. The Hall–Kier alpha value is -4.49. The van der Waals surface area contributed by atoms with E-state index >= 15 is 0 Å². The fourth-order valence-electron chi connectivity index (χ4n) is 4.19. The largest absolute Gasteiger partial charge is 0.425 e. The van der Waals surface area contributed by atoms with E-state index in [1.54, 1.807) is 30.5 Å². The molecule has 35 heavy (non-hydrogen) atoms. The molecule has 0 saturated heterocycles. The number of rotatable bonds is 3. The van der Waals surface area contributed by atoms with Gasteiger partial charge in [-0.2, -0.15) is 0 Å². The fraction of sp³-hybridized carbons (Fsp3) is 0.0370. The number of halogens is 1. The van der Waals surface area contributed by atoms with Crippen LogP contribution in [-0.2, 0) is 9.53 Å². The summed E-state index contributed by atoms with van der Waals surface area (Å²) < 4.78 is 5.58. The summed E-state index contributed by atoms with van der Waals surface area (Å²) >= 11 is 6.24. The number of anilines is 1. The molecule has 3 aromatic carbocycles. The summed E-state index contributed by atoms with van der Waals surface area (Å²) in [6, 6.07) is 23.9. The van der Waals surface area contributed by atoms with E-state index < -0.39 is 18.1 Å². The molecule has 1 aliphatic heterocycles. The number of nitrogens with one attached hydrogen (secondary N) is 2. The number of ether oxygens (including phenoxy) is 1. The fourth-order valence-corrected chi connectivity index (χ4v) is 4.36. The average Bonchev–Trinajstić information content (AvgIpc) is 3.19. The van der Waals surface area contributed by atoms with Crippen molar-refractivity contribution < 1.29 is 14.3 Å². The maximum atomic E-state index is 13.1. The monoisotopic (exact) mass is 480 g/mol. The number of esters is 1. The van der Waals surface area contributed by atoms with Crippen molar-refractivity contribution in [3.63, 3.8) is 0 Å². The lowest BCUT2D eigenvalue weighted by atomic mass is 10.0. The molecule has 0 saturated carbocycles. The molecule has 1 atom stereocenters. The van der Waals surface area contributed by atoms with Crippen LogP contribution in [0.5, 0.6) is 0 Å². The highest BCUT2D eigenvalue weighted by atomic mass is 35.5. The molecule has 170 valence electrons. The van der Waals surface area contributed by atoms with E-state index in [1.165, 1.54) is 0 Å². The Labute approximate surface area is 204 Å². The van der Waals surface area contributed by atoms with Crippen molar-refractivity contribution in [1.29, 1.82) is 0 Å². The molecule has 0 radical (unpaired) electrons. The minimum atomic E-state index is -1.41. The van der Waals surface area contributed by atoms with E-state index in [0.29, 0.717) is 22.0 Å². The number of carbonyl (C=O) groups is 2. The van der Waals surface area contributed by atoms with E-state index in [0.717, 1.165) is 27.4 Å². The SMILES string of the molecule is O=C(OC1N=C(c2ccccc2)c2cc(Cl)ccc2NC1=O)c1cc2c(cn1)[nH]c1ccccc12. The molecule has 2 N–H and O–H groups in total. The maximum absolute atomic E-state index is 13.1. The second-order valence-electron chi connectivity index (χ2n) is 8.07. The number of amides is 1. The molecule has 1 aliphatic rings. The van der Waals surface area contributed by atoms with Gasteiger partial charge >= 0.3 is 5.97 Å². The van der Waals surface area contributed by atoms with Gasteiger partial charge in [0.15, 0.2) is 0 Å². The Balaban J connectivity index is 1.39. The highest BCUT2D eigenvalue weighted by molar-refractivity contribution is 6.32. The Morgan fingerprint density at radius 1 is 0.914 bits per heavy atom. The predicted octanol–water partition coefficient (Wildman–Crippen LogP) is 5.34. The molecule has 7 nitrogen and oxygen atoms in total. The number of aromatic nitrogens is 2. The minimum absolute atomic E-state index is 0.0799. The van der Waals surface area contributed by atoms with Crippen molar-refractivity contribution in [1.82, 2.24) is 9.97 Å². The van der Waals surface area contributed by atoms with Gasteiger partial charge in [0.1, 0.15) is 5.69 Å². The number of para-hydroxylation sites is 1. The van der Waals surface area contributed by atoms with Gasteiger partial charge in [-0.1, -0.05) is 60.1 Å². The van der Waals surface area contributed by atoms with Crippen molar-refractivity contribution in [2.24, 2.45) is 4.99 Å². The molecule has 1 unspecified atom stereocenters. The topological polar surface area (TPSA) is 96.4 Å². The van der Waals surface area contributed by atoms with Crippen LogP contribution in [0.1, 0.15) is 21.6 Å². The number of H-pyrrole nitrogens is 1. The zero-order valence-electron chi connectivity index (χ0n) is 18.2. The highest BCUT2D eigenvalue weighted by Gasteiger charge is 2.30. The highest BCUT2D eigenvalue weighted by Crippen LogP contribution is 2.28. The first kappa shape index (κ1) is 21.1. The molecule has 0 fully saturated rings. The first-order valence-corrected chi connectivity index (χ1v) is 11.3. The number of hydrogen-bond acceptors (Lipinski definition) is 5. The maximum Gasteiger partial charge on any atom is 0.359 e. The van der Waals surface area contributed by atoms with Crippen LogP contribution in [0, 0.1) is 0 Å². The summed E-state index contributed by atoms with van der Waals surface area (Å²) in [5.74, 6) is -1.32. The number of fused-ring (bicyclic) bond motifs is 4. The van der Waals surface area contributed by atoms with Crippen LogP contribution in [0.25, 0.3) is 21.8 Å². The molecule has 2 aromatic heterocycles. The summed E-state index contributed by atoms with van der Waals surface area (Å²) in [5, 5.41) is 5.08. The number of benzodiazepines with no additional fused rings is 1. The third kappa shape index (κ3) is 3.82. The molecule has 0 aliphatic carbocycles. The number of pyridine rings is 1. The second kappa shape index (κ2) is 8.38. The molecule has 6 rings (SSSR count). The summed E-state index contributed by atoms with van der Waals surface area (Å²) in [6.07, 6.45) is 0.166. The molecule has 8 heteroatoms.